The zero-order valence-electron chi connectivity index (χ0n) is 12.4. The molecule has 2 aromatic rings. The molecule has 0 bridgehead atoms. The van der Waals surface area contributed by atoms with Crippen LogP contribution < -0.4 is 11.1 Å². The number of primary amides is 1. The van der Waals surface area contributed by atoms with Crippen LogP contribution in [0.2, 0.25) is 0 Å². The summed E-state index contributed by atoms with van der Waals surface area (Å²) in [6.07, 6.45) is -2.98. The summed E-state index contributed by atoms with van der Waals surface area (Å²) in [7, 11) is 0. The number of halogens is 3. The molecule has 7 nitrogen and oxygen atoms in total. The number of nitrogens with one attached hydrogen (secondary N) is 1. The summed E-state index contributed by atoms with van der Waals surface area (Å²) >= 11 is 0. The van der Waals surface area contributed by atoms with E-state index in [1.807, 2.05) is 0 Å². The molecule has 1 aromatic heterocycles. The van der Waals surface area contributed by atoms with Gasteiger partial charge in [0.15, 0.2) is 5.69 Å². The molecule has 0 aliphatic carbocycles. The minimum Gasteiger partial charge on any atom is -0.370 e. The zero-order valence-corrected chi connectivity index (χ0v) is 12.4. The summed E-state index contributed by atoms with van der Waals surface area (Å²) < 4.78 is 39.9. The van der Waals surface area contributed by atoms with Gasteiger partial charge in [-0.25, -0.2) is 4.68 Å². The third-order valence-electron chi connectivity index (χ3n) is 3.07. The van der Waals surface area contributed by atoms with E-state index in [1.54, 1.807) is 0 Å². The topological polar surface area (TPSA) is 103 Å². The highest BCUT2D eigenvalue weighted by atomic mass is 19.4. The number of rotatable bonds is 6. The molecule has 2 amide bonds. The highest BCUT2D eigenvalue weighted by Crippen LogP contribution is 2.33. The van der Waals surface area contributed by atoms with Crippen LogP contribution >= 0.6 is 0 Å². The van der Waals surface area contributed by atoms with Crippen molar-refractivity contribution < 1.29 is 22.8 Å². The smallest absolute Gasteiger partial charge is 0.370 e. The molecule has 0 atom stereocenters. The average Bonchev–Trinajstić information content (AvgIpc) is 3.00. The quantitative estimate of drug-likeness (QED) is 0.773. The van der Waals surface area contributed by atoms with Gasteiger partial charge >= 0.3 is 6.18 Å². The molecule has 0 saturated heterocycles. The maximum atomic E-state index is 13.0. The summed E-state index contributed by atoms with van der Waals surface area (Å²) in [5.41, 5.74) is 3.72. The monoisotopic (exact) mass is 341 g/mol. The zero-order chi connectivity index (χ0) is 17.7. The van der Waals surface area contributed by atoms with Gasteiger partial charge in [-0.2, -0.15) is 13.2 Å². The number of hydrogen-bond acceptors (Lipinski definition) is 4. The van der Waals surface area contributed by atoms with Crippen LogP contribution in [0, 0.1) is 0 Å². The van der Waals surface area contributed by atoms with Crippen LogP contribution in [0.15, 0.2) is 30.5 Å². The molecular formula is C14H14F3N5O2. The highest BCUT2D eigenvalue weighted by molar-refractivity contribution is 5.91. The molecule has 0 spiro atoms. The lowest BCUT2D eigenvalue weighted by Gasteiger charge is -2.11. The number of amides is 2. The van der Waals surface area contributed by atoms with Crippen molar-refractivity contribution in [2.75, 3.05) is 6.54 Å². The third-order valence-corrected chi connectivity index (χ3v) is 3.07. The van der Waals surface area contributed by atoms with Crippen LogP contribution in [0.3, 0.4) is 0 Å². The van der Waals surface area contributed by atoms with Crippen LogP contribution in [-0.4, -0.2) is 33.4 Å². The number of alkyl halides is 3. The standard InChI is InChI=1S/C14H14F3N5O2/c15-14(16,17)9-4-1-2-5-11(9)22-8-10(20-21-22)13(24)19-7-3-6-12(18)23/h1-2,4-5,8H,3,6-7H2,(H2,18,23)(H,19,24). The van der Waals surface area contributed by atoms with Gasteiger partial charge in [-0.3, -0.25) is 9.59 Å². The molecule has 0 saturated carbocycles. The van der Waals surface area contributed by atoms with Gasteiger partial charge in [-0.15, -0.1) is 5.10 Å². The lowest BCUT2D eigenvalue weighted by Crippen LogP contribution is -2.25. The molecule has 0 unspecified atom stereocenters. The van der Waals surface area contributed by atoms with E-state index >= 15 is 0 Å². The van der Waals surface area contributed by atoms with E-state index in [2.05, 4.69) is 15.6 Å². The number of carbonyl (C=O) groups is 2. The second kappa shape index (κ2) is 7.11. The maximum absolute atomic E-state index is 13.0. The molecule has 0 aliphatic heterocycles. The van der Waals surface area contributed by atoms with E-state index in [9.17, 15) is 22.8 Å². The first-order chi connectivity index (χ1) is 11.3. The Morgan fingerprint density at radius 2 is 1.96 bits per heavy atom. The molecule has 128 valence electrons. The van der Waals surface area contributed by atoms with E-state index in [1.165, 1.54) is 18.2 Å². The molecule has 0 aliphatic rings. The second-order valence-electron chi connectivity index (χ2n) is 4.89. The fourth-order valence-electron chi connectivity index (χ4n) is 1.95. The van der Waals surface area contributed by atoms with Crippen molar-refractivity contribution in [3.63, 3.8) is 0 Å². The molecule has 24 heavy (non-hydrogen) atoms. The Balaban J connectivity index is 2.11. The maximum Gasteiger partial charge on any atom is 0.418 e. The number of nitrogens with two attached hydrogens (primary N) is 1. The minimum absolute atomic E-state index is 0.117. The Morgan fingerprint density at radius 3 is 2.62 bits per heavy atom. The van der Waals surface area contributed by atoms with Gasteiger partial charge in [0.05, 0.1) is 17.4 Å². The van der Waals surface area contributed by atoms with Gasteiger partial charge in [0, 0.05) is 13.0 Å². The number of aromatic nitrogens is 3. The number of carbonyl (C=O) groups excluding carboxylic acids is 2. The predicted octanol–water partition coefficient (Wildman–Crippen LogP) is 1.28. The van der Waals surface area contributed by atoms with Gasteiger partial charge in [0.1, 0.15) is 0 Å². The van der Waals surface area contributed by atoms with Gasteiger partial charge in [-0.1, -0.05) is 17.3 Å². The molecule has 1 heterocycles. The van der Waals surface area contributed by atoms with Crippen LogP contribution in [0.4, 0.5) is 13.2 Å². The Hall–Kier alpha value is -2.91. The summed E-state index contributed by atoms with van der Waals surface area (Å²) in [4.78, 5) is 22.4. The van der Waals surface area contributed by atoms with E-state index < -0.39 is 23.6 Å². The van der Waals surface area contributed by atoms with Crippen molar-refractivity contribution in [1.82, 2.24) is 20.3 Å². The van der Waals surface area contributed by atoms with Gasteiger partial charge in [-0.05, 0) is 18.6 Å². The summed E-state index contributed by atoms with van der Waals surface area (Å²) in [6.45, 7) is 0.188. The fourth-order valence-corrected chi connectivity index (χ4v) is 1.95. The van der Waals surface area contributed by atoms with Crippen molar-refractivity contribution in [3.05, 3.63) is 41.7 Å². The highest BCUT2D eigenvalue weighted by Gasteiger charge is 2.34. The second-order valence-corrected chi connectivity index (χ2v) is 4.89. The number of nitrogens with zero attached hydrogens (tertiary/aromatic N) is 3. The fraction of sp³-hybridized carbons (Fsp3) is 0.286. The molecule has 10 heteroatoms. The van der Waals surface area contributed by atoms with Gasteiger partial charge < -0.3 is 11.1 Å². The van der Waals surface area contributed by atoms with Crippen LogP contribution in [0.25, 0.3) is 5.69 Å². The molecule has 2 rings (SSSR count). The summed E-state index contributed by atoms with van der Waals surface area (Å²) in [5, 5.41) is 9.62. The number of para-hydroxylation sites is 1. The third kappa shape index (κ3) is 4.31. The van der Waals surface area contributed by atoms with Crippen LogP contribution in [0.5, 0.6) is 0 Å². The first-order valence-corrected chi connectivity index (χ1v) is 6.94. The Kier molecular flexibility index (Phi) is 5.17. The molecule has 0 radical (unpaired) electrons. The lowest BCUT2D eigenvalue weighted by atomic mass is 10.1. The van der Waals surface area contributed by atoms with E-state index in [-0.39, 0.29) is 24.3 Å². The Morgan fingerprint density at radius 1 is 1.25 bits per heavy atom. The van der Waals surface area contributed by atoms with Crippen molar-refractivity contribution in [2.24, 2.45) is 5.73 Å². The van der Waals surface area contributed by atoms with Crippen LogP contribution in [0.1, 0.15) is 28.9 Å². The van der Waals surface area contributed by atoms with Crippen molar-refractivity contribution >= 4 is 11.8 Å². The Labute approximate surface area is 134 Å². The first-order valence-electron chi connectivity index (χ1n) is 6.94. The predicted molar refractivity (Wildman–Crippen MR) is 77.1 cm³/mol. The number of hydrogen-bond donors (Lipinski definition) is 2. The van der Waals surface area contributed by atoms with E-state index in [0.29, 0.717) is 6.42 Å². The van der Waals surface area contributed by atoms with Crippen LogP contribution in [-0.2, 0) is 11.0 Å². The van der Waals surface area contributed by atoms with Crippen molar-refractivity contribution in [3.8, 4) is 5.69 Å². The van der Waals surface area contributed by atoms with Crippen molar-refractivity contribution in [1.29, 1.82) is 0 Å². The lowest BCUT2D eigenvalue weighted by molar-refractivity contribution is -0.137. The molecular weight excluding hydrogens is 327 g/mol. The van der Waals surface area contributed by atoms with Gasteiger partial charge in [0.25, 0.3) is 5.91 Å². The largest absolute Gasteiger partial charge is 0.418 e. The first kappa shape index (κ1) is 17.4. The molecule has 1 aromatic carbocycles. The Bertz CT molecular complexity index is 742. The number of benzene rings is 1. The normalized spacial score (nSPS) is 11.3. The molecule has 0 fully saturated rings. The SMILES string of the molecule is NC(=O)CCCNC(=O)c1cn(-c2ccccc2C(F)(F)F)nn1. The van der Waals surface area contributed by atoms with Gasteiger partial charge in [0.2, 0.25) is 5.91 Å². The van der Waals surface area contributed by atoms with E-state index in [4.69, 9.17) is 5.73 Å². The average molecular weight is 341 g/mol. The molecule has 3 N–H and O–H groups in total. The van der Waals surface area contributed by atoms with Crippen molar-refractivity contribution in [2.45, 2.75) is 19.0 Å². The summed E-state index contributed by atoms with van der Waals surface area (Å²) in [5.74, 6) is -1.09. The summed E-state index contributed by atoms with van der Waals surface area (Å²) in [6, 6.07) is 4.83. The van der Waals surface area contributed by atoms with E-state index in [0.717, 1.165) is 16.9 Å². The minimum atomic E-state index is -4.56.